The van der Waals surface area contributed by atoms with Crippen molar-refractivity contribution in [3.05, 3.63) is 30.1 Å². The molecule has 0 aliphatic carbocycles. The number of rotatable bonds is 4. The molecule has 2 aliphatic rings. The van der Waals surface area contributed by atoms with Gasteiger partial charge in [-0.05, 0) is 24.7 Å². The van der Waals surface area contributed by atoms with Gasteiger partial charge in [-0.2, -0.15) is 17.0 Å². The average molecular weight is 354 g/mol. The zero-order chi connectivity index (χ0) is 17.3. The van der Waals surface area contributed by atoms with Crippen LogP contribution in [0.2, 0.25) is 0 Å². The van der Waals surface area contributed by atoms with Gasteiger partial charge in [0, 0.05) is 57.6 Å². The number of hydrogen-bond acceptors (Lipinski definition) is 5. The molecule has 2 atom stereocenters. The van der Waals surface area contributed by atoms with E-state index in [1.807, 2.05) is 7.05 Å². The number of nitrogens with zero attached hydrogens (tertiary/aromatic N) is 4. The second-order valence-corrected chi connectivity index (χ2v) is 8.29. The molecule has 24 heavy (non-hydrogen) atoms. The SMILES string of the molecule is CN1CCN(S(=O)(=O)N2C[C@H](C(=O)O)[C@@H](c3ccncc3)C2)CC1. The van der Waals surface area contributed by atoms with E-state index >= 15 is 0 Å². The van der Waals surface area contributed by atoms with Crippen molar-refractivity contribution in [2.45, 2.75) is 5.92 Å². The summed E-state index contributed by atoms with van der Waals surface area (Å²) in [5, 5.41) is 9.52. The van der Waals surface area contributed by atoms with E-state index in [1.165, 1.54) is 8.61 Å². The van der Waals surface area contributed by atoms with E-state index in [0.717, 1.165) is 5.56 Å². The summed E-state index contributed by atoms with van der Waals surface area (Å²) in [6.07, 6.45) is 3.21. The maximum atomic E-state index is 12.9. The normalized spacial score (nSPS) is 27.4. The molecule has 0 aromatic carbocycles. The minimum atomic E-state index is -3.63. The smallest absolute Gasteiger partial charge is 0.308 e. The van der Waals surface area contributed by atoms with Crippen LogP contribution < -0.4 is 0 Å². The van der Waals surface area contributed by atoms with Crippen molar-refractivity contribution >= 4 is 16.2 Å². The van der Waals surface area contributed by atoms with E-state index in [0.29, 0.717) is 26.2 Å². The van der Waals surface area contributed by atoms with Gasteiger partial charge in [-0.15, -0.1) is 0 Å². The van der Waals surface area contributed by atoms with Gasteiger partial charge in [-0.3, -0.25) is 9.78 Å². The molecule has 0 saturated carbocycles. The third-order valence-corrected chi connectivity index (χ3v) is 6.82. The Bertz CT molecular complexity index is 689. The quantitative estimate of drug-likeness (QED) is 0.796. The van der Waals surface area contributed by atoms with E-state index < -0.39 is 22.1 Å². The van der Waals surface area contributed by atoms with Crippen LogP contribution in [0.5, 0.6) is 0 Å². The summed E-state index contributed by atoms with van der Waals surface area (Å²) in [5.41, 5.74) is 0.813. The Morgan fingerprint density at radius 2 is 1.75 bits per heavy atom. The first-order chi connectivity index (χ1) is 11.4. The highest BCUT2D eigenvalue weighted by Crippen LogP contribution is 2.34. The third kappa shape index (κ3) is 3.30. The Morgan fingerprint density at radius 3 is 2.33 bits per heavy atom. The highest BCUT2D eigenvalue weighted by atomic mass is 32.2. The van der Waals surface area contributed by atoms with Crippen LogP contribution in [0.15, 0.2) is 24.5 Å². The zero-order valence-corrected chi connectivity index (χ0v) is 14.4. The molecule has 8 nitrogen and oxygen atoms in total. The van der Waals surface area contributed by atoms with Gasteiger partial charge in [0.05, 0.1) is 5.92 Å². The van der Waals surface area contributed by atoms with Gasteiger partial charge < -0.3 is 10.0 Å². The topological polar surface area (TPSA) is 94.1 Å². The van der Waals surface area contributed by atoms with Crippen LogP contribution in [-0.4, -0.2) is 84.3 Å². The summed E-state index contributed by atoms with van der Waals surface area (Å²) in [7, 11) is -1.67. The molecule has 0 unspecified atom stereocenters. The van der Waals surface area contributed by atoms with Gasteiger partial charge in [0.25, 0.3) is 10.2 Å². The fraction of sp³-hybridized carbons (Fsp3) is 0.600. The minimum Gasteiger partial charge on any atom is -0.481 e. The largest absolute Gasteiger partial charge is 0.481 e. The van der Waals surface area contributed by atoms with E-state index in [2.05, 4.69) is 9.88 Å². The van der Waals surface area contributed by atoms with Crippen molar-refractivity contribution in [2.75, 3.05) is 46.3 Å². The first-order valence-corrected chi connectivity index (χ1v) is 9.36. The van der Waals surface area contributed by atoms with Crippen LogP contribution in [0.25, 0.3) is 0 Å². The number of carbonyl (C=O) groups is 1. The van der Waals surface area contributed by atoms with Crippen molar-refractivity contribution in [1.82, 2.24) is 18.5 Å². The molecule has 0 radical (unpaired) electrons. The fourth-order valence-electron chi connectivity index (χ4n) is 3.34. The summed E-state index contributed by atoms with van der Waals surface area (Å²) in [6.45, 7) is 2.44. The van der Waals surface area contributed by atoms with Gasteiger partial charge >= 0.3 is 5.97 Å². The van der Waals surface area contributed by atoms with E-state index in [1.54, 1.807) is 24.5 Å². The summed E-state index contributed by atoms with van der Waals surface area (Å²) >= 11 is 0. The van der Waals surface area contributed by atoms with Crippen LogP contribution in [0, 0.1) is 5.92 Å². The summed E-state index contributed by atoms with van der Waals surface area (Å²) in [6, 6.07) is 3.51. The number of aromatic nitrogens is 1. The first-order valence-electron chi connectivity index (χ1n) is 7.96. The summed E-state index contributed by atoms with van der Waals surface area (Å²) in [4.78, 5) is 17.6. The lowest BCUT2D eigenvalue weighted by Crippen LogP contribution is -2.51. The van der Waals surface area contributed by atoms with Crippen LogP contribution >= 0.6 is 0 Å². The molecule has 0 amide bonds. The molecule has 3 heterocycles. The highest BCUT2D eigenvalue weighted by Gasteiger charge is 2.45. The van der Waals surface area contributed by atoms with Crippen molar-refractivity contribution in [1.29, 1.82) is 0 Å². The van der Waals surface area contributed by atoms with Crippen molar-refractivity contribution < 1.29 is 18.3 Å². The molecule has 9 heteroatoms. The molecule has 2 fully saturated rings. The van der Waals surface area contributed by atoms with Gasteiger partial charge in [0.2, 0.25) is 0 Å². The van der Waals surface area contributed by atoms with E-state index in [-0.39, 0.29) is 19.0 Å². The van der Waals surface area contributed by atoms with Crippen LogP contribution in [0.4, 0.5) is 0 Å². The molecule has 1 aromatic rings. The Labute approximate surface area is 141 Å². The molecule has 0 spiro atoms. The van der Waals surface area contributed by atoms with Gasteiger partial charge in [-0.25, -0.2) is 0 Å². The number of aliphatic carboxylic acids is 1. The van der Waals surface area contributed by atoms with Gasteiger partial charge in [-0.1, -0.05) is 0 Å². The Hall–Kier alpha value is -1.55. The Morgan fingerprint density at radius 1 is 1.12 bits per heavy atom. The molecule has 1 N–H and O–H groups in total. The lowest BCUT2D eigenvalue weighted by atomic mass is 9.90. The molecule has 1 aromatic heterocycles. The average Bonchev–Trinajstić information content (AvgIpc) is 3.02. The Kier molecular flexibility index (Phi) is 4.86. The minimum absolute atomic E-state index is 0.0109. The van der Waals surface area contributed by atoms with Crippen LogP contribution in [0.3, 0.4) is 0 Å². The molecule has 132 valence electrons. The van der Waals surface area contributed by atoms with Gasteiger partial charge in [0.1, 0.15) is 0 Å². The van der Waals surface area contributed by atoms with Crippen LogP contribution in [0.1, 0.15) is 11.5 Å². The molecular weight excluding hydrogens is 332 g/mol. The van der Waals surface area contributed by atoms with Crippen molar-refractivity contribution in [3.63, 3.8) is 0 Å². The first kappa shape index (κ1) is 17.3. The number of hydrogen-bond donors (Lipinski definition) is 1. The van der Waals surface area contributed by atoms with Gasteiger partial charge in [0.15, 0.2) is 0 Å². The maximum Gasteiger partial charge on any atom is 0.308 e. The number of carboxylic acid groups (broad SMARTS) is 1. The second-order valence-electron chi connectivity index (χ2n) is 6.36. The fourth-order valence-corrected chi connectivity index (χ4v) is 4.99. The maximum absolute atomic E-state index is 12.9. The van der Waals surface area contributed by atoms with E-state index in [9.17, 15) is 18.3 Å². The Balaban J connectivity index is 1.81. The number of likely N-dealkylation sites (N-methyl/N-ethyl adjacent to an activating group) is 1. The third-order valence-electron chi connectivity index (χ3n) is 4.85. The predicted molar refractivity (Wildman–Crippen MR) is 87.7 cm³/mol. The number of pyridine rings is 1. The lowest BCUT2D eigenvalue weighted by molar-refractivity contribution is -0.141. The van der Waals surface area contributed by atoms with Crippen molar-refractivity contribution in [3.8, 4) is 0 Å². The molecule has 0 bridgehead atoms. The summed E-state index contributed by atoms with van der Waals surface area (Å²) in [5.74, 6) is -2.06. The van der Waals surface area contributed by atoms with Crippen LogP contribution in [-0.2, 0) is 15.0 Å². The monoisotopic (exact) mass is 354 g/mol. The predicted octanol–water partition coefficient (Wildman–Crippen LogP) is -0.326. The summed E-state index contributed by atoms with van der Waals surface area (Å²) < 4.78 is 28.5. The second kappa shape index (κ2) is 6.75. The number of carboxylic acids is 1. The van der Waals surface area contributed by atoms with Crippen molar-refractivity contribution in [2.24, 2.45) is 5.92 Å². The lowest BCUT2D eigenvalue weighted by Gasteiger charge is -2.34. The highest BCUT2D eigenvalue weighted by molar-refractivity contribution is 7.86. The number of piperazine rings is 1. The van der Waals surface area contributed by atoms with E-state index in [4.69, 9.17) is 0 Å². The molecular formula is C15H22N4O4S. The molecule has 2 aliphatic heterocycles. The molecule has 2 saturated heterocycles. The standard InChI is InChI=1S/C15H22N4O4S/c1-17-6-8-18(9-7-17)24(22,23)19-10-13(14(11-19)15(20)21)12-2-4-16-5-3-12/h2-5,13-14H,6-11H2,1H3,(H,20,21)/t13-,14+/m1/s1. The molecule has 3 rings (SSSR count). The zero-order valence-electron chi connectivity index (χ0n) is 13.6.